The Kier molecular flexibility index (Phi) is 8.67. The Bertz CT molecular complexity index is 498. The maximum atomic E-state index is 12.9. The Balaban J connectivity index is 2.09. The third-order valence-electron chi connectivity index (χ3n) is 5.78. The van der Waals surface area contributed by atoms with Gasteiger partial charge in [-0.25, -0.2) is 0 Å². The van der Waals surface area contributed by atoms with Crippen molar-refractivity contribution >= 4 is 29.3 Å². The lowest BCUT2D eigenvalue weighted by atomic mass is 9.92. The molecule has 0 aliphatic carbocycles. The number of aliphatic hydroxyl groups is 3. The molecular weight excluding hydrogens is 392 g/mol. The topological polar surface area (TPSA) is 103 Å². The van der Waals surface area contributed by atoms with Crippen LogP contribution in [0.25, 0.3) is 0 Å². The largest absolute Gasteiger partial charge is 0.388 e. The third kappa shape index (κ3) is 5.29. The van der Waals surface area contributed by atoms with E-state index in [1.54, 1.807) is 13.2 Å². The monoisotopic (exact) mass is 425 g/mol. The Labute approximate surface area is 170 Å². The number of carbonyl (C=O) groups excluding carboxylic acids is 1. The SMILES string of the molecule is CCC[C@H]1C[C@H](C(=O)N[C@@H]([C@H]2O[C@@H](SC)[C@@H](O)[C@@H](O)[C@H]2O)[C@@H](C)Cl)[NH+](C)C1. The minimum atomic E-state index is -1.36. The number of ether oxygens (including phenoxy) is 1. The van der Waals surface area contributed by atoms with Crippen molar-refractivity contribution in [2.45, 2.75) is 80.4 Å². The number of amides is 1. The molecule has 0 aromatic heterocycles. The summed E-state index contributed by atoms with van der Waals surface area (Å²) in [7, 11) is 2.02. The van der Waals surface area contributed by atoms with Crippen molar-refractivity contribution in [1.29, 1.82) is 0 Å². The second-order valence-electron chi connectivity index (χ2n) is 7.88. The Morgan fingerprint density at radius 2 is 2.00 bits per heavy atom. The number of hydrogen-bond donors (Lipinski definition) is 5. The van der Waals surface area contributed by atoms with Crippen LogP contribution in [0.2, 0.25) is 0 Å². The molecule has 5 N–H and O–H groups in total. The molecule has 1 unspecified atom stereocenters. The first kappa shape index (κ1) is 23.2. The first-order chi connectivity index (χ1) is 12.7. The van der Waals surface area contributed by atoms with Crippen LogP contribution in [0.4, 0.5) is 0 Å². The fourth-order valence-corrected chi connectivity index (χ4v) is 5.15. The number of carbonyl (C=O) groups is 1. The van der Waals surface area contributed by atoms with E-state index in [2.05, 4.69) is 12.2 Å². The van der Waals surface area contributed by atoms with Gasteiger partial charge in [-0.2, -0.15) is 0 Å². The zero-order valence-corrected chi connectivity index (χ0v) is 18.0. The van der Waals surface area contributed by atoms with E-state index in [-0.39, 0.29) is 11.9 Å². The second-order valence-corrected chi connectivity index (χ2v) is 9.51. The lowest BCUT2D eigenvalue weighted by Gasteiger charge is -2.44. The van der Waals surface area contributed by atoms with Crippen molar-refractivity contribution < 1.29 is 29.8 Å². The predicted molar refractivity (Wildman–Crippen MR) is 106 cm³/mol. The van der Waals surface area contributed by atoms with Crippen LogP contribution in [0.15, 0.2) is 0 Å². The van der Waals surface area contributed by atoms with Gasteiger partial charge in [0, 0.05) is 12.3 Å². The summed E-state index contributed by atoms with van der Waals surface area (Å²) in [6.45, 7) is 4.84. The summed E-state index contributed by atoms with van der Waals surface area (Å²) in [5, 5.41) is 33.1. The number of alkyl halides is 1. The summed E-state index contributed by atoms with van der Waals surface area (Å²) in [6, 6.07) is -0.837. The van der Waals surface area contributed by atoms with E-state index in [0.29, 0.717) is 5.92 Å². The highest BCUT2D eigenvalue weighted by atomic mass is 35.5. The highest BCUT2D eigenvalue weighted by Gasteiger charge is 2.49. The first-order valence-electron chi connectivity index (χ1n) is 9.70. The Morgan fingerprint density at radius 3 is 2.56 bits per heavy atom. The number of likely N-dealkylation sites (N-methyl/N-ethyl adjacent to an activating group) is 1. The van der Waals surface area contributed by atoms with Crippen LogP contribution >= 0.6 is 23.4 Å². The maximum absolute atomic E-state index is 12.9. The van der Waals surface area contributed by atoms with E-state index in [9.17, 15) is 20.1 Å². The average Bonchev–Trinajstić information content (AvgIpc) is 2.99. The average molecular weight is 426 g/mol. The molecule has 2 saturated heterocycles. The summed E-state index contributed by atoms with van der Waals surface area (Å²) in [5.74, 6) is 0.424. The molecule has 158 valence electrons. The second kappa shape index (κ2) is 10.1. The summed E-state index contributed by atoms with van der Waals surface area (Å²) in [4.78, 5) is 14.1. The molecule has 0 bridgehead atoms. The Hall–Kier alpha value is -0.0900. The lowest BCUT2D eigenvalue weighted by molar-refractivity contribution is -0.884. The van der Waals surface area contributed by atoms with Crippen LogP contribution in [0.3, 0.4) is 0 Å². The van der Waals surface area contributed by atoms with E-state index < -0.39 is 41.3 Å². The molecule has 2 fully saturated rings. The molecule has 7 nitrogen and oxygen atoms in total. The van der Waals surface area contributed by atoms with Crippen LogP contribution in [-0.2, 0) is 9.53 Å². The van der Waals surface area contributed by atoms with Gasteiger partial charge in [0.05, 0.1) is 25.0 Å². The van der Waals surface area contributed by atoms with Crippen molar-refractivity contribution in [3.63, 3.8) is 0 Å². The van der Waals surface area contributed by atoms with Gasteiger partial charge in [-0.1, -0.05) is 13.3 Å². The molecule has 0 saturated carbocycles. The zero-order valence-electron chi connectivity index (χ0n) is 16.5. The minimum Gasteiger partial charge on any atom is -0.388 e. The van der Waals surface area contributed by atoms with Gasteiger partial charge in [-0.15, -0.1) is 23.4 Å². The van der Waals surface area contributed by atoms with Gasteiger partial charge >= 0.3 is 0 Å². The number of quaternary nitrogens is 1. The Morgan fingerprint density at radius 1 is 1.33 bits per heavy atom. The van der Waals surface area contributed by atoms with Crippen molar-refractivity contribution in [3.8, 4) is 0 Å². The molecule has 0 aromatic carbocycles. The maximum Gasteiger partial charge on any atom is 0.278 e. The van der Waals surface area contributed by atoms with Crippen LogP contribution in [0.1, 0.15) is 33.1 Å². The summed E-state index contributed by atoms with van der Waals surface area (Å²) < 4.78 is 5.80. The smallest absolute Gasteiger partial charge is 0.278 e. The number of rotatable bonds is 7. The first-order valence-corrected chi connectivity index (χ1v) is 11.4. The molecule has 2 rings (SSSR count). The van der Waals surface area contributed by atoms with E-state index in [1.165, 1.54) is 16.7 Å². The highest BCUT2D eigenvalue weighted by molar-refractivity contribution is 7.99. The van der Waals surface area contributed by atoms with E-state index in [4.69, 9.17) is 16.3 Å². The number of nitrogens with one attached hydrogen (secondary N) is 2. The molecule has 2 heterocycles. The third-order valence-corrected chi connectivity index (χ3v) is 6.91. The number of thioether (sulfide) groups is 1. The normalized spacial score (nSPS) is 41.9. The molecule has 2 aliphatic heterocycles. The fraction of sp³-hybridized carbons (Fsp3) is 0.944. The van der Waals surface area contributed by atoms with Crippen molar-refractivity contribution in [3.05, 3.63) is 0 Å². The van der Waals surface area contributed by atoms with Gasteiger partial charge in [0.1, 0.15) is 29.9 Å². The molecular formula is C18H34ClN2O5S+. The van der Waals surface area contributed by atoms with Gasteiger partial charge in [-0.05, 0) is 19.6 Å². The van der Waals surface area contributed by atoms with Crippen molar-refractivity contribution in [2.24, 2.45) is 5.92 Å². The van der Waals surface area contributed by atoms with Gasteiger partial charge in [0.2, 0.25) is 0 Å². The van der Waals surface area contributed by atoms with Gasteiger partial charge < -0.3 is 30.3 Å². The van der Waals surface area contributed by atoms with Gasteiger partial charge in [-0.3, -0.25) is 4.79 Å². The van der Waals surface area contributed by atoms with Crippen LogP contribution in [0.5, 0.6) is 0 Å². The summed E-state index contributed by atoms with van der Waals surface area (Å²) in [6.07, 6.45) is 0.00196. The summed E-state index contributed by atoms with van der Waals surface area (Å²) in [5.41, 5.74) is -0.697. The van der Waals surface area contributed by atoms with E-state index in [0.717, 1.165) is 25.8 Å². The molecule has 0 aromatic rings. The zero-order chi connectivity index (χ0) is 20.3. The molecule has 1 amide bonds. The number of likely N-dealkylation sites (tertiary alicyclic amines) is 1. The highest BCUT2D eigenvalue weighted by Crippen LogP contribution is 2.30. The lowest BCUT2D eigenvalue weighted by Crippen LogP contribution is -3.12. The van der Waals surface area contributed by atoms with Gasteiger partial charge in [0.15, 0.2) is 6.04 Å². The number of halogens is 1. The van der Waals surface area contributed by atoms with Crippen LogP contribution in [0, 0.1) is 5.92 Å². The standard InChI is InChI=1S/C18H33ClN2O5S/c1-5-6-10-7-11(21(3)8-10)17(25)20-12(9(2)19)16-14(23)13(22)15(24)18(26-16)27-4/h9-16,18,22-24H,5-8H2,1-4H3,(H,20,25)/p+1/t9-,10+,11-,12-,13+,14-,15+,16-,18+/m1/s1. The molecule has 9 heteroatoms. The molecule has 2 aliphatic rings. The van der Waals surface area contributed by atoms with Crippen LogP contribution < -0.4 is 10.2 Å². The van der Waals surface area contributed by atoms with Crippen LogP contribution in [-0.4, -0.2) is 88.4 Å². The quantitative estimate of drug-likeness (QED) is 0.334. The van der Waals surface area contributed by atoms with Crippen molar-refractivity contribution in [2.75, 3.05) is 19.8 Å². The van der Waals surface area contributed by atoms with Gasteiger partial charge in [0.25, 0.3) is 5.91 Å². The van der Waals surface area contributed by atoms with E-state index >= 15 is 0 Å². The number of aliphatic hydroxyl groups excluding tert-OH is 3. The van der Waals surface area contributed by atoms with E-state index in [1.807, 2.05) is 7.05 Å². The molecule has 0 radical (unpaired) electrons. The van der Waals surface area contributed by atoms with Crippen molar-refractivity contribution in [1.82, 2.24) is 5.32 Å². The summed E-state index contributed by atoms with van der Waals surface area (Å²) >= 11 is 7.56. The predicted octanol–water partition coefficient (Wildman–Crippen LogP) is -1.03. The molecule has 27 heavy (non-hydrogen) atoms. The minimum absolute atomic E-state index is 0.110. The molecule has 0 spiro atoms. The fourth-order valence-electron chi connectivity index (χ4n) is 4.26. The molecule has 10 atom stereocenters. The number of hydrogen-bond acceptors (Lipinski definition) is 6.